The van der Waals surface area contributed by atoms with E-state index in [0.717, 1.165) is 25.9 Å². The Morgan fingerprint density at radius 3 is 2.53 bits per heavy atom. The standard InChI is InChI=1S/C12H26N2O/c1-9(2)10(7-13)8-14-11-5-3-4-6-12(11)15/h9-12,14-15H,3-8,13H2,1-2H3. The molecule has 3 unspecified atom stereocenters. The van der Waals surface area contributed by atoms with Crippen molar-refractivity contribution in [2.24, 2.45) is 17.6 Å². The monoisotopic (exact) mass is 214 g/mol. The molecule has 0 aromatic carbocycles. The number of aliphatic hydroxyl groups excluding tert-OH is 1. The van der Waals surface area contributed by atoms with Crippen LogP contribution in [0.15, 0.2) is 0 Å². The van der Waals surface area contributed by atoms with Gasteiger partial charge in [-0.1, -0.05) is 26.7 Å². The average molecular weight is 214 g/mol. The Labute approximate surface area is 93.4 Å². The molecule has 1 saturated carbocycles. The van der Waals surface area contributed by atoms with Crippen molar-refractivity contribution in [2.45, 2.75) is 51.7 Å². The van der Waals surface area contributed by atoms with E-state index in [-0.39, 0.29) is 6.10 Å². The number of hydrogen-bond donors (Lipinski definition) is 3. The molecule has 0 radical (unpaired) electrons. The molecular weight excluding hydrogens is 188 g/mol. The van der Waals surface area contributed by atoms with Gasteiger partial charge < -0.3 is 16.2 Å². The predicted octanol–water partition coefficient (Wildman–Crippen LogP) is 1.11. The molecule has 4 N–H and O–H groups in total. The van der Waals surface area contributed by atoms with E-state index in [0.29, 0.717) is 17.9 Å². The van der Waals surface area contributed by atoms with Crippen LogP contribution in [0.4, 0.5) is 0 Å². The van der Waals surface area contributed by atoms with Crippen LogP contribution in [0.1, 0.15) is 39.5 Å². The quantitative estimate of drug-likeness (QED) is 0.642. The molecule has 0 aromatic rings. The van der Waals surface area contributed by atoms with Crippen molar-refractivity contribution >= 4 is 0 Å². The molecule has 0 spiro atoms. The summed E-state index contributed by atoms with van der Waals surface area (Å²) < 4.78 is 0. The van der Waals surface area contributed by atoms with E-state index in [1.807, 2.05) is 0 Å². The fourth-order valence-corrected chi connectivity index (χ4v) is 2.24. The topological polar surface area (TPSA) is 58.3 Å². The highest BCUT2D eigenvalue weighted by Gasteiger charge is 2.23. The third kappa shape index (κ3) is 4.09. The average Bonchev–Trinajstić information content (AvgIpc) is 2.21. The molecule has 1 aliphatic rings. The van der Waals surface area contributed by atoms with E-state index in [9.17, 15) is 5.11 Å². The minimum absolute atomic E-state index is 0.149. The van der Waals surface area contributed by atoms with Crippen molar-refractivity contribution in [3.8, 4) is 0 Å². The van der Waals surface area contributed by atoms with Crippen molar-refractivity contribution in [3.05, 3.63) is 0 Å². The first-order valence-corrected chi connectivity index (χ1v) is 6.26. The van der Waals surface area contributed by atoms with Gasteiger partial charge >= 0.3 is 0 Å². The molecule has 1 fully saturated rings. The van der Waals surface area contributed by atoms with Crippen molar-refractivity contribution in [2.75, 3.05) is 13.1 Å². The molecule has 3 heteroatoms. The Morgan fingerprint density at radius 2 is 2.00 bits per heavy atom. The highest BCUT2D eigenvalue weighted by Crippen LogP contribution is 2.19. The van der Waals surface area contributed by atoms with Gasteiger partial charge in [-0.2, -0.15) is 0 Å². The Morgan fingerprint density at radius 1 is 1.33 bits per heavy atom. The first kappa shape index (κ1) is 12.9. The highest BCUT2D eigenvalue weighted by molar-refractivity contribution is 4.81. The van der Waals surface area contributed by atoms with Crippen LogP contribution in [0.5, 0.6) is 0 Å². The van der Waals surface area contributed by atoms with Crippen LogP contribution in [-0.4, -0.2) is 30.3 Å². The maximum absolute atomic E-state index is 9.80. The maximum Gasteiger partial charge on any atom is 0.0693 e. The van der Waals surface area contributed by atoms with Crippen molar-refractivity contribution < 1.29 is 5.11 Å². The summed E-state index contributed by atoms with van der Waals surface area (Å²) in [6.07, 6.45) is 4.32. The van der Waals surface area contributed by atoms with E-state index in [1.54, 1.807) is 0 Å². The van der Waals surface area contributed by atoms with Crippen LogP contribution in [0.25, 0.3) is 0 Å². The normalized spacial score (nSPS) is 29.4. The van der Waals surface area contributed by atoms with Crippen molar-refractivity contribution in [1.29, 1.82) is 0 Å². The second-order valence-electron chi connectivity index (χ2n) is 5.11. The van der Waals surface area contributed by atoms with E-state index in [4.69, 9.17) is 5.73 Å². The Kier molecular flexibility index (Phi) is 5.58. The van der Waals surface area contributed by atoms with Crippen LogP contribution in [0, 0.1) is 11.8 Å². The predicted molar refractivity (Wildman–Crippen MR) is 63.6 cm³/mol. The minimum atomic E-state index is -0.149. The van der Waals surface area contributed by atoms with E-state index in [2.05, 4.69) is 19.2 Å². The van der Waals surface area contributed by atoms with Crippen molar-refractivity contribution in [3.63, 3.8) is 0 Å². The zero-order chi connectivity index (χ0) is 11.3. The molecule has 0 heterocycles. The minimum Gasteiger partial charge on any atom is -0.392 e. The number of aliphatic hydroxyl groups is 1. The zero-order valence-electron chi connectivity index (χ0n) is 10.1. The molecular formula is C12H26N2O. The van der Waals surface area contributed by atoms with E-state index in [1.165, 1.54) is 12.8 Å². The summed E-state index contributed by atoms with van der Waals surface area (Å²) >= 11 is 0. The molecule has 0 amide bonds. The molecule has 15 heavy (non-hydrogen) atoms. The van der Waals surface area contributed by atoms with E-state index >= 15 is 0 Å². The van der Waals surface area contributed by atoms with Gasteiger partial charge in [0.05, 0.1) is 6.10 Å². The first-order chi connectivity index (χ1) is 7.15. The van der Waals surface area contributed by atoms with Gasteiger partial charge in [0.1, 0.15) is 0 Å². The summed E-state index contributed by atoms with van der Waals surface area (Å²) in [4.78, 5) is 0. The largest absolute Gasteiger partial charge is 0.392 e. The highest BCUT2D eigenvalue weighted by atomic mass is 16.3. The fourth-order valence-electron chi connectivity index (χ4n) is 2.24. The number of hydrogen-bond acceptors (Lipinski definition) is 3. The van der Waals surface area contributed by atoms with Gasteiger partial charge in [-0.3, -0.25) is 0 Å². The van der Waals surface area contributed by atoms with Crippen molar-refractivity contribution in [1.82, 2.24) is 5.32 Å². The van der Waals surface area contributed by atoms with Crippen LogP contribution < -0.4 is 11.1 Å². The molecule has 3 atom stereocenters. The second-order valence-corrected chi connectivity index (χ2v) is 5.11. The molecule has 0 saturated heterocycles. The summed E-state index contributed by atoms with van der Waals surface area (Å²) in [5.41, 5.74) is 5.72. The summed E-state index contributed by atoms with van der Waals surface area (Å²) in [5.74, 6) is 1.14. The van der Waals surface area contributed by atoms with Gasteiger partial charge in [0, 0.05) is 6.04 Å². The number of nitrogens with one attached hydrogen (secondary N) is 1. The zero-order valence-corrected chi connectivity index (χ0v) is 10.1. The molecule has 0 aliphatic heterocycles. The number of nitrogens with two attached hydrogens (primary N) is 1. The Hall–Kier alpha value is -0.120. The summed E-state index contributed by atoms with van der Waals surface area (Å²) in [5, 5.41) is 13.3. The van der Waals surface area contributed by atoms with E-state index < -0.39 is 0 Å². The van der Waals surface area contributed by atoms with Gasteiger partial charge in [0.25, 0.3) is 0 Å². The molecule has 0 bridgehead atoms. The lowest BCUT2D eigenvalue weighted by Crippen LogP contribution is -2.45. The van der Waals surface area contributed by atoms with Gasteiger partial charge in [-0.05, 0) is 37.8 Å². The first-order valence-electron chi connectivity index (χ1n) is 6.26. The SMILES string of the molecule is CC(C)C(CN)CNC1CCCCC1O. The van der Waals surface area contributed by atoms with Gasteiger partial charge in [-0.25, -0.2) is 0 Å². The lowest BCUT2D eigenvalue weighted by molar-refractivity contribution is 0.0877. The molecule has 1 rings (SSSR count). The van der Waals surface area contributed by atoms with Gasteiger partial charge in [0.15, 0.2) is 0 Å². The smallest absolute Gasteiger partial charge is 0.0693 e. The molecule has 0 aromatic heterocycles. The summed E-state index contributed by atoms with van der Waals surface area (Å²) in [6.45, 7) is 6.08. The molecule has 90 valence electrons. The van der Waals surface area contributed by atoms with Crippen LogP contribution in [-0.2, 0) is 0 Å². The van der Waals surface area contributed by atoms with Gasteiger partial charge in [0.2, 0.25) is 0 Å². The summed E-state index contributed by atoms with van der Waals surface area (Å²) in [7, 11) is 0. The third-order valence-corrected chi connectivity index (χ3v) is 3.62. The summed E-state index contributed by atoms with van der Waals surface area (Å²) in [6, 6.07) is 0.298. The Bertz CT molecular complexity index is 173. The lowest BCUT2D eigenvalue weighted by atomic mass is 9.91. The van der Waals surface area contributed by atoms with Crippen LogP contribution in [0.3, 0.4) is 0 Å². The molecule has 1 aliphatic carbocycles. The number of rotatable bonds is 5. The van der Waals surface area contributed by atoms with Crippen LogP contribution in [0.2, 0.25) is 0 Å². The lowest BCUT2D eigenvalue weighted by Gasteiger charge is -2.30. The Balaban J connectivity index is 2.27. The van der Waals surface area contributed by atoms with Gasteiger partial charge in [-0.15, -0.1) is 0 Å². The maximum atomic E-state index is 9.80. The second kappa shape index (κ2) is 6.46. The molecule has 3 nitrogen and oxygen atoms in total. The third-order valence-electron chi connectivity index (χ3n) is 3.62. The fraction of sp³-hybridized carbons (Fsp3) is 1.00. The van der Waals surface area contributed by atoms with Crippen LogP contribution >= 0.6 is 0 Å².